The minimum atomic E-state index is -0.575. The summed E-state index contributed by atoms with van der Waals surface area (Å²) in [5, 5.41) is 6.35. The van der Waals surface area contributed by atoms with Gasteiger partial charge < -0.3 is 9.25 Å². The Labute approximate surface area is 181 Å². The number of aromatic nitrogens is 2. The van der Waals surface area contributed by atoms with Gasteiger partial charge in [-0.25, -0.2) is 11.1 Å². The van der Waals surface area contributed by atoms with Crippen LogP contribution in [0, 0.1) is 20.4 Å². The second kappa shape index (κ2) is 5.74. The number of hydrogen-bond donors (Lipinski definition) is 0. The van der Waals surface area contributed by atoms with Crippen LogP contribution >= 0.6 is 0 Å². The van der Waals surface area contributed by atoms with Gasteiger partial charge in [0.05, 0.1) is 27.3 Å². The molecule has 31 heavy (non-hydrogen) atoms. The van der Waals surface area contributed by atoms with Crippen LogP contribution in [0.5, 0.6) is 0 Å². The van der Waals surface area contributed by atoms with E-state index in [-0.39, 0.29) is 0 Å². The normalized spacial score (nSPS) is 12.6. The van der Waals surface area contributed by atoms with Crippen molar-refractivity contribution in [1.29, 1.82) is 0 Å². The fourth-order valence-corrected chi connectivity index (χ4v) is 5.27. The Morgan fingerprint density at radius 2 is 1.71 bits per heavy atom. The highest BCUT2D eigenvalue weighted by molar-refractivity contribution is 6.26. The van der Waals surface area contributed by atoms with Crippen molar-refractivity contribution in [2.24, 2.45) is 7.05 Å². The van der Waals surface area contributed by atoms with Crippen LogP contribution in [0.2, 0.25) is 0 Å². The Balaban J connectivity index is 2.06. The van der Waals surface area contributed by atoms with Crippen molar-refractivity contribution < 1.29 is 4.57 Å². The van der Waals surface area contributed by atoms with Gasteiger partial charge in [-0.3, -0.25) is 0 Å². The monoisotopic (exact) mass is 402 g/mol. The van der Waals surface area contributed by atoms with Crippen molar-refractivity contribution in [3.8, 4) is 0 Å². The van der Waals surface area contributed by atoms with Gasteiger partial charge in [0, 0.05) is 36.2 Å². The van der Waals surface area contributed by atoms with Crippen LogP contribution in [0.4, 0.5) is 0 Å². The van der Waals surface area contributed by atoms with Crippen molar-refractivity contribution in [2.75, 3.05) is 0 Å². The molecule has 3 aromatic heterocycles. The van der Waals surface area contributed by atoms with Crippen LogP contribution in [0.15, 0.2) is 54.7 Å². The molecule has 0 saturated heterocycles. The summed E-state index contributed by atoms with van der Waals surface area (Å²) in [6.45, 7) is 16.2. The minimum absolute atomic E-state index is 0.575. The van der Waals surface area contributed by atoms with E-state index in [0.717, 1.165) is 5.56 Å². The van der Waals surface area contributed by atoms with Gasteiger partial charge in [-0.2, -0.15) is 0 Å². The lowest BCUT2D eigenvalue weighted by Crippen LogP contribution is -2.29. The largest absolute Gasteiger partial charge is 0.307 e. The smallest absolute Gasteiger partial charge is 0.252 e. The summed E-state index contributed by atoms with van der Waals surface area (Å²) in [7, 11) is 2.14. The van der Waals surface area contributed by atoms with Gasteiger partial charge in [0.1, 0.15) is 7.05 Å². The first kappa shape index (κ1) is 18.2. The number of pyridine rings is 2. The Kier molecular flexibility index (Phi) is 3.36. The molecule has 0 aliphatic heterocycles. The zero-order valence-electron chi connectivity index (χ0n) is 18.5. The predicted octanol–water partition coefficient (Wildman–Crippen LogP) is 6.59. The van der Waals surface area contributed by atoms with E-state index in [1.165, 1.54) is 60.1 Å². The number of aryl methyl sites for hydroxylation is 3. The molecular formula is C28H24N3+. The highest BCUT2D eigenvalue weighted by Gasteiger charge is 2.30. The molecule has 0 bridgehead atoms. The van der Waals surface area contributed by atoms with E-state index in [2.05, 4.69) is 89.4 Å². The first-order chi connectivity index (χ1) is 14.8. The molecule has 3 aromatic carbocycles. The summed E-state index contributed by atoms with van der Waals surface area (Å²) in [6, 6.07) is 17.7. The topological polar surface area (TPSA) is 12.7 Å². The van der Waals surface area contributed by atoms with E-state index in [9.17, 15) is 0 Å². The highest BCUT2D eigenvalue weighted by atomic mass is 15.0. The number of nitrogens with zero attached hydrogens (tertiary/aromatic N) is 3. The van der Waals surface area contributed by atoms with Crippen molar-refractivity contribution in [3.05, 3.63) is 82.8 Å². The molecule has 0 unspecified atom stereocenters. The van der Waals surface area contributed by atoms with E-state index in [1.807, 2.05) is 13.8 Å². The molecule has 3 heteroatoms. The Morgan fingerprint density at radius 3 is 2.48 bits per heavy atom. The molecule has 0 atom stereocenters. The Bertz CT molecular complexity index is 1740. The van der Waals surface area contributed by atoms with Gasteiger partial charge in [0.2, 0.25) is 5.52 Å². The number of benzene rings is 3. The van der Waals surface area contributed by atoms with E-state index in [1.54, 1.807) is 0 Å². The van der Waals surface area contributed by atoms with Crippen LogP contribution in [0.1, 0.15) is 30.5 Å². The second-order valence-corrected chi connectivity index (χ2v) is 9.35. The van der Waals surface area contributed by atoms with Gasteiger partial charge in [0.15, 0.2) is 6.20 Å². The molecule has 3 heterocycles. The van der Waals surface area contributed by atoms with E-state index in [4.69, 9.17) is 6.57 Å². The SMILES string of the molecule is [C-]#[N+]C(C)(C)c1cc2cc[n+](C)c3c4c(C)c(C)cc5c6ccccc6n(c(c1)c23)c54. The van der Waals surface area contributed by atoms with E-state index < -0.39 is 5.54 Å². The van der Waals surface area contributed by atoms with Gasteiger partial charge >= 0.3 is 0 Å². The van der Waals surface area contributed by atoms with Crippen LogP contribution in [0.3, 0.4) is 0 Å². The zero-order chi connectivity index (χ0) is 21.7. The Morgan fingerprint density at radius 1 is 0.935 bits per heavy atom. The molecule has 150 valence electrons. The average molecular weight is 403 g/mol. The second-order valence-electron chi connectivity index (χ2n) is 9.35. The first-order valence-corrected chi connectivity index (χ1v) is 10.7. The van der Waals surface area contributed by atoms with Gasteiger partial charge in [0.25, 0.3) is 5.54 Å². The molecule has 0 fully saturated rings. The van der Waals surface area contributed by atoms with Crippen LogP contribution in [0.25, 0.3) is 53.8 Å². The van der Waals surface area contributed by atoms with Gasteiger partial charge in [-0.05, 0) is 54.6 Å². The standard InChI is InChI=1S/C28H24N3/c1-16-13-21-20-9-7-8-10-22(20)31-23-15-19(28(3,4)29-5)14-18-11-12-30(6)27(25(18)23)24(17(16)2)26(21)31/h7-15H,1-4,6H3/q+1. The van der Waals surface area contributed by atoms with Crippen LogP contribution < -0.4 is 4.57 Å². The molecule has 6 rings (SSSR count). The van der Waals surface area contributed by atoms with Crippen molar-refractivity contribution in [1.82, 2.24) is 4.40 Å². The van der Waals surface area contributed by atoms with Crippen molar-refractivity contribution >= 4 is 49.0 Å². The van der Waals surface area contributed by atoms with E-state index >= 15 is 0 Å². The number of rotatable bonds is 1. The summed E-state index contributed by atoms with van der Waals surface area (Å²) in [5.41, 5.74) is 8.07. The molecule has 0 aliphatic rings. The first-order valence-electron chi connectivity index (χ1n) is 10.7. The summed E-state index contributed by atoms with van der Waals surface area (Å²) in [5.74, 6) is 0. The molecule has 0 amide bonds. The van der Waals surface area contributed by atoms with Crippen LogP contribution in [-0.4, -0.2) is 4.40 Å². The summed E-state index contributed by atoms with van der Waals surface area (Å²) < 4.78 is 4.69. The lowest BCUT2D eigenvalue weighted by atomic mass is 9.90. The van der Waals surface area contributed by atoms with Crippen molar-refractivity contribution in [3.63, 3.8) is 0 Å². The van der Waals surface area contributed by atoms with E-state index in [0.29, 0.717) is 0 Å². The fourth-order valence-electron chi connectivity index (χ4n) is 5.27. The van der Waals surface area contributed by atoms with Gasteiger partial charge in [-0.15, -0.1) is 0 Å². The lowest BCUT2D eigenvalue weighted by Gasteiger charge is -2.17. The van der Waals surface area contributed by atoms with Crippen molar-refractivity contribution in [2.45, 2.75) is 33.2 Å². The summed E-state index contributed by atoms with van der Waals surface area (Å²) in [6.07, 6.45) is 2.15. The predicted molar refractivity (Wildman–Crippen MR) is 129 cm³/mol. The lowest BCUT2D eigenvalue weighted by molar-refractivity contribution is -0.643. The molecule has 0 N–H and O–H groups in total. The van der Waals surface area contributed by atoms with Gasteiger partial charge in [-0.1, -0.05) is 18.2 Å². The zero-order valence-corrected chi connectivity index (χ0v) is 18.5. The number of hydrogen-bond acceptors (Lipinski definition) is 0. The maximum atomic E-state index is 7.77. The summed E-state index contributed by atoms with van der Waals surface area (Å²) >= 11 is 0. The number of fused-ring (bicyclic) bond motifs is 5. The number of para-hydroxylation sites is 1. The molecular weight excluding hydrogens is 378 g/mol. The summed E-state index contributed by atoms with van der Waals surface area (Å²) in [4.78, 5) is 3.94. The molecule has 0 radical (unpaired) electrons. The third-order valence-electron chi connectivity index (χ3n) is 7.16. The third kappa shape index (κ3) is 2.15. The minimum Gasteiger partial charge on any atom is -0.307 e. The average Bonchev–Trinajstić information content (AvgIpc) is 3.09. The maximum Gasteiger partial charge on any atom is 0.252 e. The fraction of sp³-hybridized carbons (Fsp3) is 0.214. The third-order valence-corrected chi connectivity index (χ3v) is 7.16. The molecule has 0 aliphatic carbocycles. The molecule has 3 nitrogen and oxygen atoms in total. The maximum absolute atomic E-state index is 7.77. The highest BCUT2D eigenvalue weighted by Crippen LogP contribution is 2.42. The quantitative estimate of drug-likeness (QED) is 0.127. The molecule has 0 saturated carbocycles. The Hall–Kier alpha value is -3.64. The molecule has 0 spiro atoms. The molecule has 6 aromatic rings. The van der Waals surface area contributed by atoms with Crippen LogP contribution in [-0.2, 0) is 12.6 Å².